The van der Waals surface area contributed by atoms with Gasteiger partial charge in [-0.05, 0) is 24.6 Å². The molecule has 0 amide bonds. The van der Waals surface area contributed by atoms with E-state index in [1.165, 1.54) is 0 Å². The average Bonchev–Trinajstić information content (AvgIpc) is 2.81. The fourth-order valence-electron chi connectivity index (χ4n) is 1.46. The van der Waals surface area contributed by atoms with Crippen LogP contribution in [-0.4, -0.2) is 16.2 Å². The van der Waals surface area contributed by atoms with E-state index in [2.05, 4.69) is 10.1 Å². The van der Waals surface area contributed by atoms with Gasteiger partial charge in [0.2, 0.25) is 11.7 Å². The smallest absolute Gasteiger partial charge is 0.228 e. The summed E-state index contributed by atoms with van der Waals surface area (Å²) in [4.78, 5) is 4.28. The van der Waals surface area contributed by atoms with Crippen molar-refractivity contribution in [2.75, 3.05) is 0 Å². The number of hydrogen-bond acceptors (Lipinski definition) is 4. The summed E-state index contributed by atoms with van der Waals surface area (Å²) in [7, 11) is 0. The summed E-state index contributed by atoms with van der Waals surface area (Å²) in [5.41, 5.74) is 6.60. The lowest BCUT2D eigenvalue weighted by Gasteiger charge is -2.02. The van der Waals surface area contributed by atoms with Gasteiger partial charge in [0.25, 0.3) is 0 Å². The highest BCUT2D eigenvalue weighted by molar-refractivity contribution is 6.42. The van der Waals surface area contributed by atoms with Crippen LogP contribution in [0.2, 0.25) is 10.0 Å². The van der Waals surface area contributed by atoms with Crippen LogP contribution < -0.4 is 5.73 Å². The second-order valence-electron chi connectivity index (χ2n) is 4.01. The molecule has 18 heavy (non-hydrogen) atoms. The summed E-state index contributed by atoms with van der Waals surface area (Å²) in [6.07, 6.45) is 1.44. The van der Waals surface area contributed by atoms with E-state index < -0.39 is 0 Å². The fraction of sp³-hybridized carbons (Fsp3) is 0.333. The van der Waals surface area contributed by atoms with Crippen LogP contribution >= 0.6 is 23.2 Å². The molecule has 2 N–H and O–H groups in total. The van der Waals surface area contributed by atoms with Gasteiger partial charge in [-0.25, -0.2) is 0 Å². The molecular formula is C12H13Cl2N3O. The minimum absolute atomic E-state index is 0.0344. The zero-order valence-electron chi connectivity index (χ0n) is 9.86. The van der Waals surface area contributed by atoms with Crippen molar-refractivity contribution in [1.82, 2.24) is 10.1 Å². The fourth-order valence-corrected chi connectivity index (χ4v) is 1.76. The highest BCUT2D eigenvalue weighted by atomic mass is 35.5. The largest absolute Gasteiger partial charge is 0.339 e. The Bertz CT molecular complexity index is 542. The molecule has 1 aromatic heterocycles. The highest BCUT2D eigenvalue weighted by Crippen LogP contribution is 2.27. The summed E-state index contributed by atoms with van der Waals surface area (Å²) < 4.78 is 5.14. The molecular weight excluding hydrogens is 273 g/mol. The lowest BCUT2D eigenvalue weighted by molar-refractivity contribution is 0.368. The SMILES string of the molecule is CCC(N)Cc1nc(-c2ccc(Cl)c(Cl)c2)no1. The number of rotatable bonds is 4. The Balaban J connectivity index is 2.21. The third-order valence-electron chi connectivity index (χ3n) is 2.61. The maximum absolute atomic E-state index is 5.94. The predicted molar refractivity (Wildman–Crippen MR) is 71.7 cm³/mol. The topological polar surface area (TPSA) is 64.9 Å². The van der Waals surface area contributed by atoms with E-state index in [1.54, 1.807) is 18.2 Å². The summed E-state index contributed by atoms with van der Waals surface area (Å²) in [5.74, 6) is 1.03. The molecule has 1 atom stereocenters. The van der Waals surface area contributed by atoms with Crippen molar-refractivity contribution in [2.24, 2.45) is 5.73 Å². The normalized spacial score (nSPS) is 12.7. The first-order valence-corrected chi connectivity index (χ1v) is 6.39. The lowest BCUT2D eigenvalue weighted by atomic mass is 10.2. The van der Waals surface area contributed by atoms with Gasteiger partial charge in [0, 0.05) is 18.0 Å². The molecule has 4 nitrogen and oxygen atoms in total. The van der Waals surface area contributed by atoms with Crippen LogP contribution in [0.25, 0.3) is 11.4 Å². The van der Waals surface area contributed by atoms with Crippen molar-refractivity contribution in [3.8, 4) is 11.4 Å². The number of aromatic nitrogens is 2. The third-order valence-corrected chi connectivity index (χ3v) is 3.35. The van der Waals surface area contributed by atoms with Crippen molar-refractivity contribution in [2.45, 2.75) is 25.8 Å². The zero-order chi connectivity index (χ0) is 13.1. The van der Waals surface area contributed by atoms with Gasteiger partial charge in [-0.3, -0.25) is 0 Å². The van der Waals surface area contributed by atoms with Crippen LogP contribution in [-0.2, 0) is 6.42 Å². The van der Waals surface area contributed by atoms with Gasteiger partial charge in [-0.15, -0.1) is 0 Å². The molecule has 0 aliphatic carbocycles. The lowest BCUT2D eigenvalue weighted by Crippen LogP contribution is -2.21. The molecule has 0 saturated carbocycles. The third kappa shape index (κ3) is 3.02. The maximum atomic E-state index is 5.94. The molecule has 1 unspecified atom stereocenters. The molecule has 2 rings (SSSR count). The van der Waals surface area contributed by atoms with E-state index in [9.17, 15) is 0 Å². The van der Waals surface area contributed by atoms with Gasteiger partial charge in [-0.2, -0.15) is 4.98 Å². The van der Waals surface area contributed by atoms with Crippen LogP contribution in [0.15, 0.2) is 22.7 Å². The van der Waals surface area contributed by atoms with Crippen LogP contribution in [0.1, 0.15) is 19.2 Å². The van der Waals surface area contributed by atoms with Crippen LogP contribution in [0.4, 0.5) is 0 Å². The molecule has 0 saturated heterocycles. The second-order valence-corrected chi connectivity index (χ2v) is 4.83. The first kappa shape index (κ1) is 13.3. The monoisotopic (exact) mass is 285 g/mol. The minimum Gasteiger partial charge on any atom is -0.339 e. The van der Waals surface area contributed by atoms with E-state index >= 15 is 0 Å². The number of benzene rings is 1. The second kappa shape index (κ2) is 5.69. The summed E-state index contributed by atoms with van der Waals surface area (Å²) >= 11 is 11.8. The quantitative estimate of drug-likeness (QED) is 0.936. The van der Waals surface area contributed by atoms with Crippen molar-refractivity contribution >= 4 is 23.2 Å². The molecule has 0 aliphatic rings. The van der Waals surface area contributed by atoms with Crippen LogP contribution in [0.5, 0.6) is 0 Å². The molecule has 1 aromatic carbocycles. The molecule has 2 aromatic rings. The Morgan fingerprint density at radius 2 is 2.11 bits per heavy atom. The summed E-state index contributed by atoms with van der Waals surface area (Å²) in [5, 5.41) is 4.86. The molecule has 1 heterocycles. The maximum Gasteiger partial charge on any atom is 0.228 e. The van der Waals surface area contributed by atoms with Gasteiger partial charge in [-0.1, -0.05) is 35.3 Å². The first-order valence-electron chi connectivity index (χ1n) is 5.63. The molecule has 0 aliphatic heterocycles. The van der Waals surface area contributed by atoms with Gasteiger partial charge < -0.3 is 10.3 Å². The number of halogens is 2. The summed E-state index contributed by atoms with van der Waals surface area (Å²) in [6.45, 7) is 2.01. The van der Waals surface area contributed by atoms with Crippen molar-refractivity contribution in [3.05, 3.63) is 34.1 Å². The van der Waals surface area contributed by atoms with E-state index in [1.807, 2.05) is 6.92 Å². The van der Waals surface area contributed by atoms with Gasteiger partial charge in [0.05, 0.1) is 10.0 Å². The minimum atomic E-state index is 0.0344. The Morgan fingerprint density at radius 1 is 1.33 bits per heavy atom. The molecule has 0 bridgehead atoms. The van der Waals surface area contributed by atoms with Crippen LogP contribution in [0.3, 0.4) is 0 Å². The number of nitrogens with two attached hydrogens (primary N) is 1. The number of nitrogens with zero attached hydrogens (tertiary/aromatic N) is 2. The molecule has 0 fully saturated rings. The molecule has 0 radical (unpaired) electrons. The van der Waals surface area contributed by atoms with Crippen LogP contribution in [0, 0.1) is 0 Å². The number of hydrogen-bond donors (Lipinski definition) is 1. The van der Waals surface area contributed by atoms with E-state index in [-0.39, 0.29) is 6.04 Å². The van der Waals surface area contributed by atoms with Crippen molar-refractivity contribution in [1.29, 1.82) is 0 Å². The van der Waals surface area contributed by atoms with E-state index in [4.69, 9.17) is 33.5 Å². The molecule has 6 heteroatoms. The Labute approximate surface area is 115 Å². The van der Waals surface area contributed by atoms with E-state index in [0.717, 1.165) is 12.0 Å². The Hall–Kier alpha value is -1.10. The highest BCUT2D eigenvalue weighted by Gasteiger charge is 2.12. The van der Waals surface area contributed by atoms with Crippen molar-refractivity contribution in [3.63, 3.8) is 0 Å². The molecule has 96 valence electrons. The standard InChI is InChI=1S/C12H13Cl2N3O/c1-2-8(15)6-11-16-12(17-18-11)7-3-4-9(13)10(14)5-7/h3-5,8H,2,6,15H2,1H3. The van der Waals surface area contributed by atoms with Crippen molar-refractivity contribution < 1.29 is 4.52 Å². The van der Waals surface area contributed by atoms with Gasteiger partial charge in [0.1, 0.15) is 0 Å². The predicted octanol–water partition coefficient (Wildman–Crippen LogP) is 3.32. The van der Waals surface area contributed by atoms with Gasteiger partial charge >= 0.3 is 0 Å². The first-order chi connectivity index (χ1) is 8.60. The Kier molecular flexibility index (Phi) is 4.22. The zero-order valence-corrected chi connectivity index (χ0v) is 11.4. The van der Waals surface area contributed by atoms with Gasteiger partial charge in [0.15, 0.2) is 0 Å². The average molecular weight is 286 g/mol. The van der Waals surface area contributed by atoms with E-state index in [0.29, 0.717) is 28.2 Å². The summed E-state index contributed by atoms with van der Waals surface area (Å²) in [6, 6.07) is 5.24. The Morgan fingerprint density at radius 3 is 2.78 bits per heavy atom. The molecule has 0 spiro atoms.